The van der Waals surface area contributed by atoms with Gasteiger partial charge in [-0.2, -0.15) is 0 Å². The van der Waals surface area contributed by atoms with E-state index in [0.717, 1.165) is 21.9 Å². The van der Waals surface area contributed by atoms with Crippen molar-refractivity contribution in [3.8, 4) is 0 Å². The van der Waals surface area contributed by atoms with Crippen molar-refractivity contribution in [1.29, 1.82) is 0 Å². The highest BCUT2D eigenvalue weighted by atomic mass is 31.2. The summed E-state index contributed by atoms with van der Waals surface area (Å²) in [6.45, 7) is 4.03. The van der Waals surface area contributed by atoms with Gasteiger partial charge in [0.25, 0.3) is 0 Å². The molecule has 0 N–H and O–H groups in total. The Labute approximate surface area is 154 Å². The van der Waals surface area contributed by atoms with Crippen LogP contribution in [0, 0.1) is 0 Å². The summed E-state index contributed by atoms with van der Waals surface area (Å²) in [5.41, 5.74) is 1.82. The quantitative estimate of drug-likeness (QED) is 0.448. The topological polar surface area (TPSA) is 44.8 Å². The van der Waals surface area contributed by atoms with Crippen LogP contribution in [0.4, 0.5) is 0 Å². The van der Waals surface area contributed by atoms with Gasteiger partial charge < -0.3 is 0 Å². The lowest BCUT2D eigenvalue weighted by Crippen LogP contribution is -2.09. The van der Waals surface area contributed by atoms with Crippen LogP contribution in [0.15, 0.2) is 72.8 Å². The second-order valence-corrected chi connectivity index (χ2v) is 7.37. The maximum atomic E-state index is 13.0. The first-order valence-electron chi connectivity index (χ1n) is 8.77. The van der Waals surface area contributed by atoms with Gasteiger partial charge in [-0.3, -0.25) is 13.6 Å². The molecule has 0 bridgehead atoms. The first-order chi connectivity index (χ1) is 12.7. The largest absolute Gasteiger partial charge is 0.475 e. The van der Waals surface area contributed by atoms with Gasteiger partial charge in [-0.15, -0.1) is 0 Å². The predicted molar refractivity (Wildman–Crippen MR) is 104 cm³/mol. The van der Waals surface area contributed by atoms with Gasteiger partial charge >= 0.3 is 7.82 Å². The fourth-order valence-electron chi connectivity index (χ4n) is 2.95. The van der Waals surface area contributed by atoms with Gasteiger partial charge in [-0.05, 0) is 35.7 Å². The molecule has 0 fully saturated rings. The van der Waals surface area contributed by atoms with Crippen molar-refractivity contribution < 1.29 is 18.1 Å². The average molecular weight is 370 g/mol. The second kappa shape index (κ2) is 8.61. The van der Waals surface area contributed by atoms with Crippen LogP contribution in [-0.4, -0.2) is 13.2 Å². The molecule has 0 aliphatic carbocycles. The third kappa shape index (κ3) is 4.22. The molecule has 0 spiro atoms. The van der Waals surface area contributed by atoms with Crippen molar-refractivity contribution in [2.45, 2.75) is 20.0 Å². The van der Waals surface area contributed by atoms with Gasteiger partial charge in [0.1, 0.15) is 6.10 Å². The molecule has 0 amide bonds. The molecule has 0 saturated carbocycles. The Morgan fingerprint density at radius 3 is 2.12 bits per heavy atom. The molecule has 5 heteroatoms. The molecule has 0 aromatic heterocycles. The van der Waals surface area contributed by atoms with E-state index in [0.29, 0.717) is 0 Å². The maximum Gasteiger partial charge on any atom is 0.475 e. The van der Waals surface area contributed by atoms with E-state index in [1.807, 2.05) is 72.8 Å². The monoisotopic (exact) mass is 370 g/mol. The Morgan fingerprint density at radius 1 is 0.808 bits per heavy atom. The summed E-state index contributed by atoms with van der Waals surface area (Å²) in [5, 5.41) is 2.14. The summed E-state index contributed by atoms with van der Waals surface area (Å²) in [4.78, 5) is 0. The zero-order valence-electron chi connectivity index (χ0n) is 15.0. The number of phosphoric acid groups is 1. The highest BCUT2D eigenvalue weighted by Gasteiger charge is 2.32. The van der Waals surface area contributed by atoms with Crippen LogP contribution in [0.25, 0.3) is 10.8 Å². The van der Waals surface area contributed by atoms with Crippen molar-refractivity contribution in [2.75, 3.05) is 13.2 Å². The number of phosphoric ester groups is 1. The molecule has 0 aliphatic rings. The maximum absolute atomic E-state index is 13.0. The fourth-order valence-corrected chi connectivity index (χ4v) is 4.27. The third-order valence-corrected chi connectivity index (χ3v) is 5.63. The fraction of sp³-hybridized carbons (Fsp3) is 0.238. The van der Waals surface area contributed by atoms with E-state index in [9.17, 15) is 4.57 Å². The number of fused-ring (bicyclic) bond motifs is 1. The van der Waals surface area contributed by atoms with E-state index in [1.54, 1.807) is 13.8 Å². The number of hydrogen-bond donors (Lipinski definition) is 0. The minimum atomic E-state index is -3.68. The van der Waals surface area contributed by atoms with Crippen LogP contribution in [0.2, 0.25) is 0 Å². The van der Waals surface area contributed by atoms with Crippen molar-refractivity contribution in [3.63, 3.8) is 0 Å². The molecular weight excluding hydrogens is 347 g/mol. The zero-order chi connectivity index (χ0) is 18.4. The summed E-state index contributed by atoms with van der Waals surface area (Å²) in [5.74, 6) is 0. The van der Waals surface area contributed by atoms with E-state index >= 15 is 0 Å². The van der Waals surface area contributed by atoms with Gasteiger partial charge in [0, 0.05) is 0 Å². The Balaban J connectivity index is 2.11. The first-order valence-corrected chi connectivity index (χ1v) is 10.2. The van der Waals surface area contributed by atoms with Crippen molar-refractivity contribution in [2.24, 2.45) is 0 Å². The highest BCUT2D eigenvalue weighted by molar-refractivity contribution is 7.48. The van der Waals surface area contributed by atoms with Crippen molar-refractivity contribution >= 4 is 18.6 Å². The molecule has 136 valence electrons. The number of benzene rings is 3. The normalized spacial score (nSPS) is 13.0. The highest BCUT2D eigenvalue weighted by Crippen LogP contribution is 2.54. The summed E-state index contributed by atoms with van der Waals surface area (Å²) in [6, 6.07) is 23.8. The molecule has 0 saturated heterocycles. The standard InChI is InChI=1S/C21H23O4P/c1-3-23-26(22,24-4-2)25-21(18-12-6-5-7-13-18)20-16-10-14-17-11-8-9-15-19(17)20/h5-16,21H,3-4H2,1-2H3. The third-order valence-electron chi connectivity index (χ3n) is 4.02. The average Bonchev–Trinajstić information content (AvgIpc) is 2.67. The van der Waals surface area contributed by atoms with Crippen molar-refractivity contribution in [3.05, 3.63) is 83.9 Å². The van der Waals surface area contributed by atoms with Gasteiger partial charge in [0.2, 0.25) is 0 Å². The van der Waals surface area contributed by atoms with E-state index in [1.165, 1.54) is 0 Å². The van der Waals surface area contributed by atoms with E-state index < -0.39 is 13.9 Å². The molecule has 3 aromatic carbocycles. The summed E-state index contributed by atoms with van der Waals surface area (Å²) >= 11 is 0. The van der Waals surface area contributed by atoms with Crippen molar-refractivity contribution in [1.82, 2.24) is 0 Å². The van der Waals surface area contributed by atoms with Gasteiger partial charge in [0.05, 0.1) is 13.2 Å². The second-order valence-electron chi connectivity index (χ2n) is 5.75. The molecule has 3 aromatic rings. The summed E-state index contributed by atoms with van der Waals surface area (Å²) in [6.07, 6.45) is -0.564. The molecule has 4 nitrogen and oxygen atoms in total. The molecule has 1 unspecified atom stereocenters. The van der Waals surface area contributed by atoms with Crippen LogP contribution >= 0.6 is 7.82 Å². The van der Waals surface area contributed by atoms with Gasteiger partial charge in [-0.25, -0.2) is 4.57 Å². The SMILES string of the molecule is CCOP(=O)(OCC)OC(c1ccccc1)c1cccc2ccccc12. The molecule has 0 radical (unpaired) electrons. The predicted octanol–water partition coefficient (Wildman–Crippen LogP) is 6.13. The van der Waals surface area contributed by atoms with E-state index in [2.05, 4.69) is 0 Å². The summed E-state index contributed by atoms with van der Waals surface area (Å²) in [7, 11) is -3.68. The number of rotatable bonds is 8. The summed E-state index contributed by atoms with van der Waals surface area (Å²) < 4.78 is 29.8. The smallest absolute Gasteiger partial charge is 0.287 e. The minimum Gasteiger partial charge on any atom is -0.287 e. The van der Waals surface area contributed by atoms with Gasteiger partial charge in [-0.1, -0.05) is 72.8 Å². The van der Waals surface area contributed by atoms with Crippen LogP contribution < -0.4 is 0 Å². The van der Waals surface area contributed by atoms with Crippen LogP contribution in [0.5, 0.6) is 0 Å². The van der Waals surface area contributed by atoms with Crippen LogP contribution in [0.1, 0.15) is 31.1 Å². The molecular formula is C21H23O4P. The van der Waals surface area contributed by atoms with Gasteiger partial charge in [0.15, 0.2) is 0 Å². The van der Waals surface area contributed by atoms with E-state index in [4.69, 9.17) is 13.6 Å². The van der Waals surface area contributed by atoms with Crippen LogP contribution in [0.3, 0.4) is 0 Å². The molecule has 26 heavy (non-hydrogen) atoms. The van der Waals surface area contributed by atoms with E-state index in [-0.39, 0.29) is 13.2 Å². The Kier molecular flexibility index (Phi) is 6.23. The minimum absolute atomic E-state index is 0.244. The Hall–Kier alpha value is -1.97. The van der Waals surface area contributed by atoms with Crippen LogP contribution in [-0.2, 0) is 18.1 Å². The zero-order valence-corrected chi connectivity index (χ0v) is 15.9. The first kappa shape index (κ1) is 18.8. The Morgan fingerprint density at radius 2 is 1.42 bits per heavy atom. The lowest BCUT2D eigenvalue weighted by molar-refractivity contribution is 0.0986. The molecule has 0 aliphatic heterocycles. The molecule has 1 atom stereocenters. The lowest BCUT2D eigenvalue weighted by atomic mass is 9.96. The molecule has 0 heterocycles. The lowest BCUT2D eigenvalue weighted by Gasteiger charge is -2.25. The molecule has 3 rings (SSSR count). The number of hydrogen-bond acceptors (Lipinski definition) is 4. The Bertz CT molecular complexity index is 879.